The molecule has 244 valence electrons. The van der Waals surface area contributed by atoms with Crippen molar-refractivity contribution in [1.29, 1.82) is 0 Å². The average Bonchev–Trinajstić information content (AvgIpc) is 3.69. The molecular weight excluding hydrogens is 588 g/mol. The molecule has 45 heavy (non-hydrogen) atoms. The topological polar surface area (TPSA) is 129 Å². The first kappa shape index (κ1) is 32.2. The van der Waals surface area contributed by atoms with E-state index in [4.69, 9.17) is 9.47 Å². The van der Waals surface area contributed by atoms with Crippen molar-refractivity contribution in [2.24, 2.45) is 5.92 Å². The van der Waals surface area contributed by atoms with Crippen molar-refractivity contribution in [3.8, 4) is 5.75 Å². The van der Waals surface area contributed by atoms with Crippen molar-refractivity contribution >= 4 is 41.0 Å². The van der Waals surface area contributed by atoms with E-state index in [1.165, 1.54) is 20.4 Å². The van der Waals surface area contributed by atoms with E-state index < -0.39 is 24.0 Å². The van der Waals surface area contributed by atoms with Crippen LogP contribution in [-0.4, -0.2) is 90.7 Å². The maximum atomic E-state index is 14.9. The van der Waals surface area contributed by atoms with Crippen LogP contribution < -0.4 is 25.2 Å². The SMILES string of the molecule is COc1cc(C(=O)NCC2CCN(C(=O)OC(C)(C)C)C2)ccc1Nc1ncc2c(n1)N(C1CCCC1)CC(F)(F)C(=O)N2C. The van der Waals surface area contributed by atoms with E-state index in [-0.39, 0.29) is 41.4 Å². The highest BCUT2D eigenvalue weighted by molar-refractivity contribution is 6.02. The monoisotopic (exact) mass is 629 g/mol. The number of benzene rings is 1. The molecule has 0 bridgehead atoms. The van der Waals surface area contributed by atoms with E-state index in [0.29, 0.717) is 36.6 Å². The fraction of sp³-hybridized carbons (Fsp3) is 0.581. The number of methoxy groups -OCH3 is 1. The standard InChI is InChI=1S/C31H41F2N7O5/c1-30(2,3)45-29(43)39-13-12-19(17-39)15-34-26(41)20-10-11-22(24(14-20)44-5)36-28-35-16-23-25(37-28)40(21-8-6-7-9-21)18-31(32,33)27(42)38(23)4/h10-11,14,16,19,21H,6-9,12-13,15,17-18H2,1-5H3,(H,34,41)(H,35,36,37). The third kappa shape index (κ3) is 7.20. The molecule has 0 radical (unpaired) electrons. The lowest BCUT2D eigenvalue weighted by molar-refractivity contribution is -0.140. The van der Waals surface area contributed by atoms with Gasteiger partial charge in [0.1, 0.15) is 17.0 Å². The molecular formula is C31H41F2N7O5. The second-order valence-corrected chi connectivity index (χ2v) is 12.9. The van der Waals surface area contributed by atoms with Gasteiger partial charge in [-0.1, -0.05) is 12.8 Å². The molecule has 1 atom stereocenters. The zero-order chi connectivity index (χ0) is 32.5. The Morgan fingerprint density at radius 3 is 2.58 bits per heavy atom. The fourth-order valence-corrected chi connectivity index (χ4v) is 5.99. The van der Waals surface area contributed by atoms with Gasteiger partial charge in [0, 0.05) is 38.3 Å². The summed E-state index contributed by atoms with van der Waals surface area (Å²) in [7, 11) is 2.77. The highest BCUT2D eigenvalue weighted by Crippen LogP contribution is 2.40. The Morgan fingerprint density at radius 2 is 1.89 bits per heavy atom. The predicted molar refractivity (Wildman–Crippen MR) is 165 cm³/mol. The van der Waals surface area contributed by atoms with Gasteiger partial charge in [0.15, 0.2) is 5.82 Å². The summed E-state index contributed by atoms with van der Waals surface area (Å²) in [5.74, 6) is -4.30. The smallest absolute Gasteiger partial charge is 0.410 e. The molecule has 1 unspecified atom stereocenters. The van der Waals surface area contributed by atoms with E-state index in [1.807, 2.05) is 20.8 Å². The molecule has 14 heteroatoms. The number of likely N-dealkylation sites (tertiary alicyclic amines) is 1. The van der Waals surface area contributed by atoms with Gasteiger partial charge in [-0.15, -0.1) is 0 Å². The van der Waals surface area contributed by atoms with Gasteiger partial charge in [0.05, 0.1) is 25.5 Å². The summed E-state index contributed by atoms with van der Waals surface area (Å²) in [6.07, 6.45) is 5.08. The second-order valence-electron chi connectivity index (χ2n) is 12.9. The van der Waals surface area contributed by atoms with Gasteiger partial charge < -0.3 is 34.8 Å². The number of fused-ring (bicyclic) bond motifs is 1. The summed E-state index contributed by atoms with van der Waals surface area (Å²) < 4.78 is 40.8. The third-order valence-corrected chi connectivity index (χ3v) is 8.33. The van der Waals surface area contributed by atoms with Crippen LogP contribution in [0, 0.1) is 5.92 Å². The normalized spacial score (nSPS) is 20.1. The van der Waals surface area contributed by atoms with Crippen LogP contribution in [0.2, 0.25) is 0 Å². The second kappa shape index (κ2) is 12.6. The first-order chi connectivity index (χ1) is 21.3. The minimum absolute atomic E-state index is 0.104. The lowest BCUT2D eigenvalue weighted by Crippen LogP contribution is -2.48. The lowest BCUT2D eigenvalue weighted by atomic mass is 10.1. The number of rotatable bonds is 7. The summed E-state index contributed by atoms with van der Waals surface area (Å²) in [5.41, 5.74) is 0.482. The molecule has 5 rings (SSSR count). The van der Waals surface area contributed by atoms with Crippen molar-refractivity contribution < 1.29 is 32.6 Å². The molecule has 2 N–H and O–H groups in total. The molecule has 12 nitrogen and oxygen atoms in total. The number of nitrogens with zero attached hydrogens (tertiary/aromatic N) is 5. The van der Waals surface area contributed by atoms with Crippen molar-refractivity contribution in [3.63, 3.8) is 0 Å². The van der Waals surface area contributed by atoms with Gasteiger partial charge >= 0.3 is 12.0 Å². The number of carbonyl (C=O) groups excluding carboxylic acids is 3. The number of carbonyl (C=O) groups is 3. The van der Waals surface area contributed by atoms with Crippen LogP contribution in [0.4, 0.5) is 36.7 Å². The summed E-state index contributed by atoms with van der Waals surface area (Å²) in [6.45, 7) is 6.19. The maximum absolute atomic E-state index is 14.9. The molecule has 2 aromatic rings. The Bertz CT molecular complexity index is 1440. The molecule has 1 saturated heterocycles. The number of amides is 3. The number of hydrogen-bond acceptors (Lipinski definition) is 9. The highest BCUT2D eigenvalue weighted by atomic mass is 19.3. The van der Waals surface area contributed by atoms with E-state index in [1.54, 1.807) is 28.0 Å². The molecule has 0 spiro atoms. The number of halogens is 2. The molecule has 3 amide bonds. The van der Waals surface area contributed by atoms with Crippen LogP contribution in [0.5, 0.6) is 5.75 Å². The number of alkyl halides is 2. The molecule has 1 saturated carbocycles. The Labute approximate surface area is 261 Å². The summed E-state index contributed by atoms with van der Waals surface area (Å²) >= 11 is 0. The first-order valence-corrected chi connectivity index (χ1v) is 15.3. The Hall–Kier alpha value is -4.23. The highest BCUT2D eigenvalue weighted by Gasteiger charge is 2.48. The van der Waals surface area contributed by atoms with Gasteiger partial charge in [0.2, 0.25) is 5.95 Å². The van der Waals surface area contributed by atoms with Gasteiger partial charge in [-0.2, -0.15) is 13.8 Å². The zero-order valence-electron chi connectivity index (χ0n) is 26.4. The Morgan fingerprint density at radius 1 is 1.16 bits per heavy atom. The molecule has 3 heterocycles. The van der Waals surface area contributed by atoms with Crippen LogP contribution in [0.25, 0.3) is 0 Å². The number of hydrogen-bond donors (Lipinski definition) is 2. The number of ether oxygens (including phenoxy) is 2. The average molecular weight is 630 g/mol. The van der Waals surface area contributed by atoms with Crippen LogP contribution in [0.15, 0.2) is 24.4 Å². The number of nitrogens with one attached hydrogen (secondary N) is 2. The molecule has 3 aliphatic rings. The largest absolute Gasteiger partial charge is 0.495 e. The van der Waals surface area contributed by atoms with Crippen LogP contribution in [-0.2, 0) is 9.53 Å². The molecule has 2 fully saturated rings. The van der Waals surface area contributed by atoms with Crippen molar-refractivity contribution in [1.82, 2.24) is 20.2 Å². The van der Waals surface area contributed by atoms with Crippen molar-refractivity contribution in [2.75, 3.05) is 55.5 Å². The maximum Gasteiger partial charge on any atom is 0.410 e. The van der Waals surface area contributed by atoms with Gasteiger partial charge in [-0.05, 0) is 64.2 Å². The van der Waals surface area contributed by atoms with E-state index in [9.17, 15) is 23.2 Å². The van der Waals surface area contributed by atoms with Crippen LogP contribution >= 0.6 is 0 Å². The summed E-state index contributed by atoms with van der Waals surface area (Å²) in [4.78, 5) is 50.9. The van der Waals surface area contributed by atoms with Gasteiger partial charge in [-0.3, -0.25) is 9.59 Å². The minimum Gasteiger partial charge on any atom is -0.495 e. The minimum atomic E-state index is -3.57. The first-order valence-electron chi connectivity index (χ1n) is 15.3. The van der Waals surface area contributed by atoms with E-state index in [0.717, 1.165) is 37.0 Å². The van der Waals surface area contributed by atoms with Crippen LogP contribution in [0.3, 0.4) is 0 Å². The van der Waals surface area contributed by atoms with Crippen molar-refractivity contribution in [3.05, 3.63) is 30.0 Å². The molecule has 1 aliphatic carbocycles. The fourth-order valence-electron chi connectivity index (χ4n) is 5.99. The Kier molecular flexibility index (Phi) is 9.04. The molecule has 2 aliphatic heterocycles. The number of aromatic nitrogens is 2. The zero-order valence-corrected chi connectivity index (χ0v) is 26.4. The van der Waals surface area contributed by atoms with Gasteiger partial charge in [-0.25, -0.2) is 9.78 Å². The number of anilines is 4. The molecule has 1 aromatic heterocycles. The lowest BCUT2D eigenvalue weighted by Gasteiger charge is -2.31. The summed E-state index contributed by atoms with van der Waals surface area (Å²) in [6, 6.07) is 4.71. The summed E-state index contributed by atoms with van der Waals surface area (Å²) in [5, 5.41) is 6.02. The van der Waals surface area contributed by atoms with Crippen molar-refractivity contribution in [2.45, 2.75) is 70.4 Å². The third-order valence-electron chi connectivity index (χ3n) is 8.33. The molecule has 1 aromatic carbocycles. The van der Waals surface area contributed by atoms with Crippen LogP contribution in [0.1, 0.15) is 63.2 Å². The quantitative estimate of drug-likeness (QED) is 0.452. The predicted octanol–water partition coefficient (Wildman–Crippen LogP) is 4.58. The van der Waals surface area contributed by atoms with Gasteiger partial charge in [0.25, 0.3) is 11.8 Å². The Balaban J connectivity index is 1.27. The van der Waals surface area contributed by atoms with E-state index >= 15 is 0 Å². The van der Waals surface area contributed by atoms with E-state index in [2.05, 4.69) is 20.6 Å².